The second-order valence-electron chi connectivity index (χ2n) is 9.57. The maximum absolute atomic E-state index is 15.8. The van der Waals surface area contributed by atoms with Crippen LogP contribution in [0.4, 0.5) is 8.78 Å². The van der Waals surface area contributed by atoms with Gasteiger partial charge in [0, 0.05) is 5.56 Å². The summed E-state index contributed by atoms with van der Waals surface area (Å²) in [5.41, 5.74) is 7.42. The van der Waals surface area contributed by atoms with Crippen molar-refractivity contribution in [1.82, 2.24) is 0 Å². The van der Waals surface area contributed by atoms with E-state index in [-0.39, 0.29) is 11.0 Å². The number of rotatable bonds is 10. The normalized spacial score (nSPS) is 13.9. The summed E-state index contributed by atoms with van der Waals surface area (Å²) in [7, 11) is -2.35. The summed E-state index contributed by atoms with van der Waals surface area (Å²) in [6, 6.07) is 16.1. The van der Waals surface area contributed by atoms with Gasteiger partial charge >= 0.3 is 0 Å². The van der Waals surface area contributed by atoms with Gasteiger partial charge in [-0.25, -0.2) is 0 Å². The molecule has 3 nitrogen and oxygen atoms in total. The highest BCUT2D eigenvalue weighted by Gasteiger charge is 2.44. The van der Waals surface area contributed by atoms with Crippen molar-refractivity contribution in [3.63, 3.8) is 0 Å². The lowest BCUT2D eigenvalue weighted by Crippen LogP contribution is -2.42. The van der Waals surface area contributed by atoms with Gasteiger partial charge in [-0.05, 0) is 52.4 Å². The molecular weight excluding hydrogens is 436 g/mol. The number of carbonyl (C=O) groups is 1. The number of nitrogens with two attached hydrogens (primary N) is 1. The fraction of sp³-hybridized carbons (Fsp3) is 0.444. The van der Waals surface area contributed by atoms with Crippen LogP contribution in [-0.4, -0.2) is 20.1 Å². The van der Waals surface area contributed by atoms with Gasteiger partial charge in [-0.2, -0.15) is 8.78 Å². The fourth-order valence-corrected chi connectivity index (χ4v) is 6.72. The van der Waals surface area contributed by atoms with Crippen LogP contribution in [0.25, 0.3) is 6.08 Å². The van der Waals surface area contributed by atoms with Gasteiger partial charge in [-0.15, -0.1) is 0 Å². The molecule has 2 aromatic rings. The average Bonchev–Trinajstić information content (AvgIpc) is 2.78. The molecule has 2 aromatic carbocycles. The van der Waals surface area contributed by atoms with E-state index in [1.54, 1.807) is 30.3 Å². The summed E-state index contributed by atoms with van der Waals surface area (Å²) in [6.45, 7) is 12.3. The number of alkyl halides is 2. The zero-order valence-electron chi connectivity index (χ0n) is 20.6. The van der Waals surface area contributed by atoms with Gasteiger partial charge in [-0.3, -0.25) is 4.79 Å². The minimum Gasteiger partial charge on any atom is -0.404 e. The van der Waals surface area contributed by atoms with Crippen molar-refractivity contribution < 1.29 is 18.0 Å². The molecule has 0 aliphatic heterocycles. The molecule has 0 radical (unpaired) electrons. The van der Waals surface area contributed by atoms with Crippen LogP contribution in [-0.2, 0) is 9.84 Å². The molecule has 0 bridgehead atoms. The van der Waals surface area contributed by atoms with E-state index in [9.17, 15) is 4.79 Å². The summed E-state index contributed by atoms with van der Waals surface area (Å²) in [4.78, 5) is 11.7. The van der Waals surface area contributed by atoms with Crippen molar-refractivity contribution in [2.45, 2.75) is 77.1 Å². The molecule has 1 unspecified atom stereocenters. The fourth-order valence-electron chi connectivity index (χ4n) is 3.93. The van der Waals surface area contributed by atoms with E-state index in [0.717, 1.165) is 29.8 Å². The van der Waals surface area contributed by atoms with Crippen molar-refractivity contribution in [2.24, 2.45) is 5.73 Å². The quantitative estimate of drug-likeness (QED) is 0.363. The topological polar surface area (TPSA) is 52.3 Å². The lowest BCUT2D eigenvalue weighted by molar-refractivity contribution is -0.0627. The van der Waals surface area contributed by atoms with E-state index in [1.807, 2.05) is 32.9 Å². The number of benzene rings is 2. The number of amides is 1. The third-order valence-corrected chi connectivity index (χ3v) is 11.0. The van der Waals surface area contributed by atoms with Crippen LogP contribution >= 0.6 is 0 Å². The van der Waals surface area contributed by atoms with E-state index in [0.29, 0.717) is 11.1 Å². The molecule has 0 aliphatic rings. The Hall–Kier alpha value is -2.31. The van der Waals surface area contributed by atoms with E-state index in [4.69, 9.17) is 10.2 Å². The number of hydrogen-bond acceptors (Lipinski definition) is 2. The van der Waals surface area contributed by atoms with Crippen molar-refractivity contribution in [3.05, 3.63) is 76.9 Å². The van der Waals surface area contributed by atoms with Crippen molar-refractivity contribution >= 4 is 20.3 Å². The van der Waals surface area contributed by atoms with Gasteiger partial charge in [0.1, 0.15) is 6.10 Å². The molecule has 0 spiro atoms. The zero-order chi connectivity index (χ0) is 24.9. The number of primary amides is 1. The first-order valence-electron chi connectivity index (χ1n) is 11.6. The van der Waals surface area contributed by atoms with Crippen LogP contribution in [0.3, 0.4) is 0 Å². The minimum absolute atomic E-state index is 0.0788. The predicted octanol–water partition coefficient (Wildman–Crippen LogP) is 7.49. The Bertz CT molecular complexity index is 953. The maximum Gasteiger partial charge on any atom is 0.295 e. The van der Waals surface area contributed by atoms with Crippen molar-refractivity contribution in [2.75, 3.05) is 0 Å². The van der Waals surface area contributed by atoms with E-state index < -0.39 is 26.3 Å². The highest BCUT2D eigenvalue weighted by Crippen LogP contribution is 2.41. The molecule has 2 rings (SSSR count). The Balaban J connectivity index is 2.52. The smallest absolute Gasteiger partial charge is 0.295 e. The lowest BCUT2D eigenvalue weighted by Gasteiger charge is -2.36. The molecule has 1 atom stereocenters. The van der Waals surface area contributed by atoms with Gasteiger partial charge in [0.05, 0.1) is 0 Å². The molecule has 0 aromatic heterocycles. The highest BCUT2D eigenvalue weighted by atomic mass is 28.4. The number of hydrogen-bond donors (Lipinski definition) is 1. The molecule has 0 saturated heterocycles. The summed E-state index contributed by atoms with van der Waals surface area (Å²) in [5, 5.41) is 0. The third kappa shape index (κ3) is 6.61. The molecule has 0 fully saturated rings. The Morgan fingerprint density at radius 3 is 2.03 bits per heavy atom. The molecule has 180 valence electrons. The van der Waals surface area contributed by atoms with Crippen LogP contribution in [0.1, 0.15) is 74.7 Å². The molecule has 0 heterocycles. The number of halogens is 2. The van der Waals surface area contributed by atoms with Gasteiger partial charge < -0.3 is 10.2 Å². The van der Waals surface area contributed by atoms with Gasteiger partial charge in [0.2, 0.25) is 5.91 Å². The number of carbonyl (C=O) groups excluding carboxylic acids is 1. The first kappa shape index (κ1) is 26.9. The Kier molecular flexibility index (Phi) is 8.77. The van der Waals surface area contributed by atoms with E-state index in [2.05, 4.69) is 20.8 Å². The molecule has 2 N–H and O–H groups in total. The predicted molar refractivity (Wildman–Crippen MR) is 135 cm³/mol. The Morgan fingerprint density at radius 2 is 1.55 bits per heavy atom. The summed E-state index contributed by atoms with van der Waals surface area (Å²) >= 11 is 0. The SMILES string of the molecule is CC[Si](CC)(CC)OC(c1ccc(C(C)(C)C)cc1)C(F)(F)C=Cc1ccccc1C(N)=O. The Morgan fingerprint density at radius 1 is 1.00 bits per heavy atom. The second kappa shape index (κ2) is 10.7. The average molecular weight is 474 g/mol. The standard InChI is InChI=1S/C27H37F2NO2Si/c1-7-33(8-2,9-3)32-24(21-14-16-22(17-15-21)26(4,5)6)27(28,29)19-18-20-12-10-11-13-23(20)25(30)31/h10-19,24H,7-9H2,1-6H3,(H2,30,31). The van der Waals surface area contributed by atoms with Crippen LogP contribution in [0.15, 0.2) is 54.6 Å². The van der Waals surface area contributed by atoms with Crippen LogP contribution in [0.5, 0.6) is 0 Å². The first-order chi connectivity index (χ1) is 15.4. The first-order valence-corrected chi connectivity index (χ1v) is 14.2. The molecule has 1 amide bonds. The van der Waals surface area contributed by atoms with Gasteiger partial charge in [0.15, 0.2) is 8.32 Å². The molecule has 6 heteroatoms. The molecular formula is C27H37F2NO2Si. The largest absolute Gasteiger partial charge is 0.404 e. The third-order valence-electron chi connectivity index (χ3n) is 6.44. The molecule has 0 saturated carbocycles. The summed E-state index contributed by atoms with van der Waals surface area (Å²) in [6.07, 6.45) is 0.708. The zero-order valence-corrected chi connectivity index (χ0v) is 21.6. The van der Waals surface area contributed by atoms with E-state index >= 15 is 8.78 Å². The summed E-state index contributed by atoms with van der Waals surface area (Å²) < 4.78 is 37.9. The summed E-state index contributed by atoms with van der Waals surface area (Å²) in [5.74, 6) is -3.94. The minimum atomic E-state index is -3.29. The molecule has 0 aliphatic carbocycles. The van der Waals surface area contributed by atoms with Crippen LogP contribution in [0, 0.1) is 0 Å². The maximum atomic E-state index is 15.8. The van der Waals surface area contributed by atoms with E-state index in [1.165, 1.54) is 12.1 Å². The van der Waals surface area contributed by atoms with Crippen LogP contribution in [0.2, 0.25) is 18.1 Å². The Labute approximate surface area is 198 Å². The van der Waals surface area contributed by atoms with Crippen molar-refractivity contribution in [1.29, 1.82) is 0 Å². The second-order valence-corrected chi connectivity index (χ2v) is 14.3. The monoisotopic (exact) mass is 473 g/mol. The highest BCUT2D eigenvalue weighted by molar-refractivity contribution is 6.73. The van der Waals surface area contributed by atoms with Crippen LogP contribution < -0.4 is 5.73 Å². The van der Waals surface area contributed by atoms with Gasteiger partial charge in [0.25, 0.3) is 5.92 Å². The van der Waals surface area contributed by atoms with Gasteiger partial charge in [-0.1, -0.05) is 90.1 Å². The lowest BCUT2D eigenvalue weighted by atomic mass is 9.86. The molecule has 33 heavy (non-hydrogen) atoms. The van der Waals surface area contributed by atoms with Crippen molar-refractivity contribution in [3.8, 4) is 0 Å².